The molecule has 0 rings (SSSR count). The number of nitrogens with zero attached hydrogens (tertiary/aromatic N) is 2. The Labute approximate surface area is 137 Å². The zero-order valence-electron chi connectivity index (χ0n) is 14.3. The normalized spacial score (nSPS) is 12.5. The van der Waals surface area contributed by atoms with E-state index in [-0.39, 0.29) is 23.5 Å². The molecule has 0 saturated carbocycles. The highest BCUT2D eigenvalue weighted by molar-refractivity contribution is 8.13. The van der Waals surface area contributed by atoms with Crippen LogP contribution in [0.3, 0.4) is 0 Å². The van der Waals surface area contributed by atoms with Gasteiger partial charge in [0.15, 0.2) is 5.12 Å². The molecule has 0 aliphatic rings. The highest BCUT2D eigenvalue weighted by Gasteiger charge is 2.26. The monoisotopic (exact) mass is 331 g/mol. The first-order chi connectivity index (χ1) is 10.1. The number of carbonyl (C=O) groups excluding carboxylic acids is 3. The van der Waals surface area contributed by atoms with Gasteiger partial charge in [0.05, 0.1) is 6.54 Å². The molecule has 0 radical (unpaired) electrons. The van der Waals surface area contributed by atoms with Crippen molar-refractivity contribution in [1.29, 1.82) is 0 Å². The number of thioether (sulfide) groups is 1. The van der Waals surface area contributed by atoms with E-state index in [4.69, 9.17) is 5.73 Å². The van der Waals surface area contributed by atoms with E-state index in [0.29, 0.717) is 31.2 Å². The van der Waals surface area contributed by atoms with Crippen LogP contribution in [0.25, 0.3) is 0 Å². The Balaban J connectivity index is 4.95. The third-order valence-corrected chi connectivity index (χ3v) is 4.04. The van der Waals surface area contributed by atoms with Crippen LogP contribution in [-0.4, -0.2) is 66.2 Å². The van der Waals surface area contributed by atoms with Gasteiger partial charge in [-0.25, -0.2) is 0 Å². The van der Waals surface area contributed by atoms with Crippen molar-refractivity contribution in [3.8, 4) is 0 Å². The van der Waals surface area contributed by atoms with Gasteiger partial charge in [-0.15, -0.1) is 0 Å². The number of likely N-dealkylation sites (N-methyl/N-ethyl adjacent to an activating group) is 1. The Morgan fingerprint density at radius 3 is 2.14 bits per heavy atom. The minimum absolute atomic E-state index is 0.00343. The second kappa shape index (κ2) is 10.6. The van der Waals surface area contributed by atoms with Crippen molar-refractivity contribution >= 4 is 28.7 Å². The van der Waals surface area contributed by atoms with Crippen LogP contribution < -0.4 is 5.73 Å². The molecule has 0 saturated heterocycles. The van der Waals surface area contributed by atoms with E-state index < -0.39 is 5.91 Å². The Kier molecular flexibility index (Phi) is 10.1. The van der Waals surface area contributed by atoms with E-state index in [1.165, 1.54) is 11.8 Å². The van der Waals surface area contributed by atoms with Crippen molar-refractivity contribution in [2.45, 2.75) is 27.2 Å². The maximum absolute atomic E-state index is 12.7. The first kappa shape index (κ1) is 20.9. The highest BCUT2D eigenvalue weighted by Crippen LogP contribution is 2.20. The molecule has 0 bridgehead atoms. The zero-order valence-corrected chi connectivity index (χ0v) is 15.1. The number of rotatable bonds is 10. The molecule has 0 heterocycles. The molecule has 128 valence electrons. The van der Waals surface area contributed by atoms with Crippen LogP contribution >= 0.6 is 11.8 Å². The minimum Gasteiger partial charge on any atom is -0.368 e. The number of carbonyl (C=O) groups is 3. The number of primary amides is 1. The van der Waals surface area contributed by atoms with Crippen molar-refractivity contribution in [2.75, 3.05) is 39.5 Å². The Bertz CT molecular complexity index is 386. The lowest BCUT2D eigenvalue weighted by molar-refractivity contribution is -0.138. The van der Waals surface area contributed by atoms with E-state index in [1.54, 1.807) is 0 Å². The summed E-state index contributed by atoms with van der Waals surface area (Å²) in [5.41, 5.74) is 5.26. The van der Waals surface area contributed by atoms with E-state index in [1.807, 2.05) is 32.8 Å². The fourth-order valence-electron chi connectivity index (χ4n) is 2.06. The van der Waals surface area contributed by atoms with Gasteiger partial charge >= 0.3 is 0 Å². The molecule has 0 aliphatic carbocycles. The molecule has 2 N–H and O–H groups in total. The summed E-state index contributed by atoms with van der Waals surface area (Å²) in [7, 11) is 3.81. The van der Waals surface area contributed by atoms with Crippen LogP contribution in [0.5, 0.6) is 0 Å². The Morgan fingerprint density at radius 2 is 1.73 bits per heavy atom. The average Bonchev–Trinajstić information content (AvgIpc) is 2.37. The van der Waals surface area contributed by atoms with Gasteiger partial charge in [-0.05, 0) is 26.4 Å². The summed E-state index contributed by atoms with van der Waals surface area (Å²) in [6, 6.07) is 0. The summed E-state index contributed by atoms with van der Waals surface area (Å²) in [4.78, 5) is 38.6. The van der Waals surface area contributed by atoms with Gasteiger partial charge in [0, 0.05) is 31.7 Å². The molecule has 0 aromatic heterocycles. The summed E-state index contributed by atoms with van der Waals surface area (Å²) in [6.45, 7) is 6.61. The van der Waals surface area contributed by atoms with E-state index in [2.05, 4.69) is 0 Å². The van der Waals surface area contributed by atoms with Crippen molar-refractivity contribution in [3.63, 3.8) is 0 Å². The van der Waals surface area contributed by atoms with Crippen molar-refractivity contribution in [1.82, 2.24) is 9.80 Å². The molecular weight excluding hydrogens is 302 g/mol. The fourth-order valence-corrected chi connectivity index (χ4v) is 2.78. The predicted octanol–water partition coefficient (Wildman–Crippen LogP) is 0.804. The third kappa shape index (κ3) is 9.78. The van der Waals surface area contributed by atoms with Crippen molar-refractivity contribution in [3.05, 3.63) is 0 Å². The smallest absolute Gasteiger partial charge is 0.237 e. The van der Waals surface area contributed by atoms with Crippen molar-refractivity contribution < 1.29 is 14.4 Å². The molecule has 1 atom stereocenters. The minimum atomic E-state index is -0.519. The summed E-state index contributed by atoms with van der Waals surface area (Å²) >= 11 is 1.16. The summed E-state index contributed by atoms with van der Waals surface area (Å²) in [5, 5.41) is -0.00343. The van der Waals surface area contributed by atoms with Crippen molar-refractivity contribution in [2.24, 2.45) is 17.6 Å². The fraction of sp³-hybridized carbons (Fsp3) is 0.800. The van der Waals surface area contributed by atoms with Crippen LogP contribution in [0.15, 0.2) is 0 Å². The molecule has 0 aromatic carbocycles. The standard InChI is InChI=1S/C15H29N3O3S/c1-11(2)8-13(10-22-12(3)19)15(21)18(9-14(16)20)7-6-17(4)5/h11,13H,6-10H2,1-5H3,(H2,16,20). The van der Waals surface area contributed by atoms with Gasteiger partial charge in [-0.2, -0.15) is 0 Å². The summed E-state index contributed by atoms with van der Waals surface area (Å²) < 4.78 is 0. The lowest BCUT2D eigenvalue weighted by Gasteiger charge is -2.28. The molecular formula is C15H29N3O3S. The molecule has 6 nitrogen and oxygen atoms in total. The lowest BCUT2D eigenvalue weighted by atomic mass is 9.97. The topological polar surface area (TPSA) is 83.7 Å². The lowest BCUT2D eigenvalue weighted by Crippen LogP contribution is -2.45. The number of hydrogen-bond donors (Lipinski definition) is 1. The molecule has 0 fully saturated rings. The van der Waals surface area contributed by atoms with Crippen LogP contribution in [0.1, 0.15) is 27.2 Å². The summed E-state index contributed by atoms with van der Waals surface area (Å²) in [6.07, 6.45) is 0.691. The molecule has 0 aromatic rings. The number of hydrogen-bond acceptors (Lipinski definition) is 5. The van der Waals surface area contributed by atoms with Gasteiger partial charge in [0.25, 0.3) is 0 Å². The quantitative estimate of drug-likeness (QED) is 0.640. The van der Waals surface area contributed by atoms with Gasteiger partial charge in [-0.3, -0.25) is 14.4 Å². The highest BCUT2D eigenvalue weighted by atomic mass is 32.2. The van der Waals surface area contributed by atoms with E-state index in [0.717, 1.165) is 11.8 Å². The molecule has 7 heteroatoms. The average molecular weight is 331 g/mol. The van der Waals surface area contributed by atoms with Gasteiger partial charge in [0.1, 0.15) is 0 Å². The first-order valence-corrected chi connectivity index (χ1v) is 8.47. The van der Waals surface area contributed by atoms with Crippen LogP contribution in [0.4, 0.5) is 0 Å². The van der Waals surface area contributed by atoms with Gasteiger partial charge < -0.3 is 15.5 Å². The summed E-state index contributed by atoms with van der Waals surface area (Å²) in [5.74, 6) is -0.0947. The maximum atomic E-state index is 12.7. The Morgan fingerprint density at radius 1 is 1.14 bits per heavy atom. The molecule has 1 unspecified atom stereocenters. The second-order valence-corrected chi connectivity index (χ2v) is 7.36. The predicted molar refractivity (Wildman–Crippen MR) is 90.4 cm³/mol. The molecule has 2 amide bonds. The Hall–Kier alpha value is -1.08. The van der Waals surface area contributed by atoms with E-state index >= 15 is 0 Å². The molecule has 0 spiro atoms. The number of nitrogens with two attached hydrogens (primary N) is 1. The van der Waals surface area contributed by atoms with Crippen LogP contribution in [0, 0.1) is 11.8 Å². The zero-order chi connectivity index (χ0) is 17.3. The maximum Gasteiger partial charge on any atom is 0.237 e. The van der Waals surface area contributed by atoms with Gasteiger partial charge in [0.2, 0.25) is 11.8 Å². The largest absolute Gasteiger partial charge is 0.368 e. The van der Waals surface area contributed by atoms with E-state index in [9.17, 15) is 14.4 Å². The molecule has 0 aliphatic heterocycles. The second-order valence-electron chi connectivity index (χ2n) is 6.16. The molecule has 22 heavy (non-hydrogen) atoms. The third-order valence-electron chi connectivity index (χ3n) is 3.07. The SMILES string of the molecule is CC(=O)SCC(CC(C)C)C(=O)N(CCN(C)C)CC(N)=O. The van der Waals surface area contributed by atoms with Gasteiger partial charge in [-0.1, -0.05) is 25.6 Å². The van der Waals surface area contributed by atoms with Crippen LogP contribution in [-0.2, 0) is 14.4 Å². The number of amides is 2. The van der Waals surface area contributed by atoms with Crippen LogP contribution in [0.2, 0.25) is 0 Å². The first-order valence-electron chi connectivity index (χ1n) is 7.48.